The number of piperidine rings is 1. The van der Waals surface area contributed by atoms with E-state index in [1.165, 1.54) is 0 Å². The van der Waals surface area contributed by atoms with Gasteiger partial charge < -0.3 is 14.7 Å². The number of aliphatic hydroxyl groups excluding tert-OH is 1. The van der Waals surface area contributed by atoms with E-state index >= 15 is 0 Å². The van der Waals surface area contributed by atoms with E-state index in [1.807, 2.05) is 6.08 Å². The molecule has 1 N–H and O–H groups in total. The minimum atomic E-state index is 0.234. The summed E-state index contributed by atoms with van der Waals surface area (Å²) in [6, 6.07) is 0. The summed E-state index contributed by atoms with van der Waals surface area (Å²) in [5.74, 6) is 0. The number of hydrogen-bond acceptors (Lipinski definition) is 3. The maximum atomic E-state index is 8.64. The Bertz CT molecular complexity index is 165. The largest absolute Gasteiger partial charge is 0.396 e. The standard InChI is InChI=1S/C12H23NO2/c1-2-3-7-13-8-5-12(6-9-13)15-11-4-10-14/h2,12,14H,1,3-11H2. The van der Waals surface area contributed by atoms with Crippen molar-refractivity contribution in [3.05, 3.63) is 12.7 Å². The van der Waals surface area contributed by atoms with Gasteiger partial charge in [-0.15, -0.1) is 6.58 Å². The first-order valence-corrected chi connectivity index (χ1v) is 5.92. The minimum absolute atomic E-state index is 0.234. The molecule has 1 saturated heterocycles. The molecule has 88 valence electrons. The first-order valence-electron chi connectivity index (χ1n) is 5.92. The number of aliphatic hydroxyl groups is 1. The van der Waals surface area contributed by atoms with Crippen LogP contribution in [0.25, 0.3) is 0 Å². The summed E-state index contributed by atoms with van der Waals surface area (Å²) >= 11 is 0. The van der Waals surface area contributed by atoms with Crippen molar-refractivity contribution in [2.24, 2.45) is 0 Å². The Hall–Kier alpha value is -0.380. The third-order valence-corrected chi connectivity index (χ3v) is 2.84. The first kappa shape index (κ1) is 12.7. The Morgan fingerprint density at radius 3 is 2.73 bits per heavy atom. The van der Waals surface area contributed by atoms with Gasteiger partial charge in [-0.05, 0) is 25.7 Å². The van der Waals surface area contributed by atoms with E-state index in [0.29, 0.717) is 12.7 Å². The molecule has 0 atom stereocenters. The Labute approximate surface area is 92.7 Å². The molecule has 0 saturated carbocycles. The molecule has 3 nitrogen and oxygen atoms in total. The lowest BCUT2D eigenvalue weighted by Gasteiger charge is -2.31. The van der Waals surface area contributed by atoms with Gasteiger partial charge in [0.1, 0.15) is 0 Å². The van der Waals surface area contributed by atoms with E-state index in [4.69, 9.17) is 9.84 Å². The van der Waals surface area contributed by atoms with Crippen molar-refractivity contribution < 1.29 is 9.84 Å². The van der Waals surface area contributed by atoms with E-state index in [-0.39, 0.29) is 6.61 Å². The van der Waals surface area contributed by atoms with Gasteiger partial charge in [0, 0.05) is 32.8 Å². The molecule has 1 aliphatic rings. The third-order valence-electron chi connectivity index (χ3n) is 2.84. The van der Waals surface area contributed by atoms with Gasteiger partial charge in [-0.2, -0.15) is 0 Å². The molecule has 15 heavy (non-hydrogen) atoms. The van der Waals surface area contributed by atoms with Gasteiger partial charge in [0.2, 0.25) is 0 Å². The molecule has 0 aliphatic carbocycles. The molecule has 1 aliphatic heterocycles. The number of rotatable bonds is 7. The zero-order valence-corrected chi connectivity index (χ0v) is 9.53. The van der Waals surface area contributed by atoms with Crippen LogP contribution in [-0.4, -0.2) is 49.0 Å². The van der Waals surface area contributed by atoms with E-state index in [0.717, 1.165) is 45.3 Å². The van der Waals surface area contributed by atoms with Gasteiger partial charge in [0.05, 0.1) is 6.10 Å². The van der Waals surface area contributed by atoms with Crippen LogP contribution < -0.4 is 0 Å². The van der Waals surface area contributed by atoms with Crippen molar-refractivity contribution in [2.45, 2.75) is 31.8 Å². The van der Waals surface area contributed by atoms with Crippen molar-refractivity contribution >= 4 is 0 Å². The third kappa shape index (κ3) is 5.30. The molecule has 1 fully saturated rings. The quantitative estimate of drug-likeness (QED) is 0.513. The van der Waals surface area contributed by atoms with Crippen LogP contribution in [0.15, 0.2) is 12.7 Å². The number of hydrogen-bond donors (Lipinski definition) is 1. The Morgan fingerprint density at radius 2 is 2.13 bits per heavy atom. The van der Waals surface area contributed by atoms with Gasteiger partial charge in [0.15, 0.2) is 0 Å². The number of ether oxygens (including phenoxy) is 1. The van der Waals surface area contributed by atoms with E-state index in [1.54, 1.807) is 0 Å². The first-order chi connectivity index (χ1) is 7.36. The fourth-order valence-corrected chi connectivity index (χ4v) is 1.89. The molecule has 0 bridgehead atoms. The summed E-state index contributed by atoms with van der Waals surface area (Å²) in [6.07, 6.45) is 6.48. The average Bonchev–Trinajstić information content (AvgIpc) is 2.28. The normalized spacial score (nSPS) is 19.3. The van der Waals surface area contributed by atoms with Crippen molar-refractivity contribution in [3.8, 4) is 0 Å². The molecular weight excluding hydrogens is 190 g/mol. The van der Waals surface area contributed by atoms with Crippen LogP contribution in [0.2, 0.25) is 0 Å². The highest BCUT2D eigenvalue weighted by molar-refractivity contribution is 4.75. The zero-order chi connectivity index (χ0) is 10.9. The lowest BCUT2D eigenvalue weighted by Crippen LogP contribution is -2.37. The molecule has 0 spiro atoms. The van der Waals surface area contributed by atoms with Crippen molar-refractivity contribution in [1.29, 1.82) is 0 Å². The van der Waals surface area contributed by atoms with E-state index < -0.39 is 0 Å². The summed E-state index contributed by atoms with van der Waals surface area (Å²) in [5, 5.41) is 8.64. The Kier molecular flexibility index (Phi) is 6.64. The van der Waals surface area contributed by atoms with Gasteiger partial charge in [0.25, 0.3) is 0 Å². The Balaban J connectivity index is 2.04. The van der Waals surface area contributed by atoms with Gasteiger partial charge >= 0.3 is 0 Å². The van der Waals surface area contributed by atoms with Crippen LogP contribution in [0.4, 0.5) is 0 Å². The summed E-state index contributed by atoms with van der Waals surface area (Å²) < 4.78 is 5.67. The van der Waals surface area contributed by atoms with Crippen LogP contribution in [0.5, 0.6) is 0 Å². The number of nitrogens with zero attached hydrogens (tertiary/aromatic N) is 1. The highest BCUT2D eigenvalue weighted by atomic mass is 16.5. The second-order valence-corrected chi connectivity index (χ2v) is 4.07. The van der Waals surface area contributed by atoms with Gasteiger partial charge in [-0.25, -0.2) is 0 Å². The van der Waals surface area contributed by atoms with Gasteiger partial charge in [-0.1, -0.05) is 6.08 Å². The Morgan fingerprint density at radius 1 is 1.40 bits per heavy atom. The molecule has 1 rings (SSSR count). The average molecular weight is 213 g/mol. The number of likely N-dealkylation sites (tertiary alicyclic amines) is 1. The fourth-order valence-electron chi connectivity index (χ4n) is 1.89. The molecule has 0 radical (unpaired) electrons. The maximum absolute atomic E-state index is 8.64. The molecular formula is C12H23NO2. The molecule has 0 unspecified atom stereocenters. The summed E-state index contributed by atoms with van der Waals surface area (Å²) in [6.45, 7) is 8.08. The minimum Gasteiger partial charge on any atom is -0.396 e. The van der Waals surface area contributed by atoms with Crippen LogP contribution in [-0.2, 0) is 4.74 Å². The van der Waals surface area contributed by atoms with Crippen molar-refractivity contribution in [3.63, 3.8) is 0 Å². The molecule has 1 heterocycles. The smallest absolute Gasteiger partial charge is 0.0599 e. The predicted molar refractivity (Wildman–Crippen MR) is 61.9 cm³/mol. The van der Waals surface area contributed by atoms with Crippen molar-refractivity contribution in [2.75, 3.05) is 32.8 Å². The topological polar surface area (TPSA) is 32.7 Å². The second-order valence-electron chi connectivity index (χ2n) is 4.07. The lowest BCUT2D eigenvalue weighted by molar-refractivity contribution is 0.00266. The van der Waals surface area contributed by atoms with E-state index in [2.05, 4.69) is 11.5 Å². The molecule has 0 aromatic heterocycles. The highest BCUT2D eigenvalue weighted by Gasteiger charge is 2.18. The molecule has 0 amide bonds. The summed E-state index contributed by atoms with van der Waals surface area (Å²) in [4.78, 5) is 2.47. The lowest BCUT2D eigenvalue weighted by atomic mass is 10.1. The summed E-state index contributed by atoms with van der Waals surface area (Å²) in [7, 11) is 0. The van der Waals surface area contributed by atoms with Crippen LogP contribution >= 0.6 is 0 Å². The monoisotopic (exact) mass is 213 g/mol. The zero-order valence-electron chi connectivity index (χ0n) is 9.53. The van der Waals surface area contributed by atoms with Crippen LogP contribution in [0.1, 0.15) is 25.7 Å². The molecule has 0 aromatic rings. The maximum Gasteiger partial charge on any atom is 0.0599 e. The molecule has 3 heteroatoms. The predicted octanol–water partition coefficient (Wildman–Crippen LogP) is 1.43. The van der Waals surface area contributed by atoms with Crippen LogP contribution in [0, 0.1) is 0 Å². The van der Waals surface area contributed by atoms with Crippen molar-refractivity contribution in [1.82, 2.24) is 4.90 Å². The van der Waals surface area contributed by atoms with Gasteiger partial charge in [-0.3, -0.25) is 0 Å². The molecule has 0 aromatic carbocycles. The fraction of sp³-hybridized carbons (Fsp3) is 0.833. The second kappa shape index (κ2) is 7.85. The SMILES string of the molecule is C=CCCN1CCC(OCCCO)CC1. The van der Waals surface area contributed by atoms with Crippen LogP contribution in [0.3, 0.4) is 0 Å². The highest BCUT2D eigenvalue weighted by Crippen LogP contribution is 2.14. The van der Waals surface area contributed by atoms with E-state index in [9.17, 15) is 0 Å². The summed E-state index contributed by atoms with van der Waals surface area (Å²) in [5.41, 5.74) is 0.